The second kappa shape index (κ2) is 7.73. The van der Waals surface area contributed by atoms with Crippen LogP contribution < -0.4 is 10.2 Å². The maximum Gasteiger partial charge on any atom is 0.344 e. The van der Waals surface area contributed by atoms with Gasteiger partial charge in [-0.25, -0.2) is 4.79 Å². The van der Waals surface area contributed by atoms with Gasteiger partial charge in [0.25, 0.3) is 5.69 Å². The average Bonchev–Trinajstić information content (AvgIpc) is 2.56. The average molecular weight is 329 g/mol. The lowest BCUT2D eigenvalue weighted by molar-refractivity contribution is -0.384. The number of nitro groups is 1. The van der Waals surface area contributed by atoms with Crippen LogP contribution in [0.4, 0.5) is 11.4 Å². The molecule has 0 saturated heterocycles. The number of nitrogens with one attached hydrogen (secondary N) is 1. The van der Waals surface area contributed by atoms with Crippen molar-refractivity contribution in [3.63, 3.8) is 0 Å². The van der Waals surface area contributed by atoms with Gasteiger partial charge in [-0.05, 0) is 48.9 Å². The number of hydrogen-bond acceptors (Lipinski definition) is 6. The summed E-state index contributed by atoms with van der Waals surface area (Å²) in [5.41, 5.74) is 4.16. The SMILES string of the molecule is CC(Oc1ccc(C=NNc2ccc([N+](=O)[O-])cc2)cc1)C(=O)O. The molecule has 0 aliphatic carbocycles. The highest BCUT2D eigenvalue weighted by Gasteiger charge is 2.11. The third-order valence-electron chi connectivity index (χ3n) is 3.03. The standard InChI is InChI=1S/C16H15N3O5/c1-11(16(20)21)24-15-8-2-12(3-9-15)10-17-18-13-4-6-14(7-5-13)19(22)23/h2-11,18H,1H3,(H,20,21). The zero-order chi connectivity index (χ0) is 17.5. The van der Waals surface area contributed by atoms with Gasteiger partial charge in [0.05, 0.1) is 16.8 Å². The molecular formula is C16H15N3O5. The minimum atomic E-state index is -1.03. The summed E-state index contributed by atoms with van der Waals surface area (Å²) in [5, 5.41) is 23.4. The Balaban J connectivity index is 1.92. The Labute approximate surface area is 137 Å². The van der Waals surface area contributed by atoms with Gasteiger partial charge in [0.2, 0.25) is 0 Å². The van der Waals surface area contributed by atoms with Crippen molar-refractivity contribution in [2.45, 2.75) is 13.0 Å². The smallest absolute Gasteiger partial charge is 0.344 e. The molecule has 2 N–H and O–H groups in total. The lowest BCUT2D eigenvalue weighted by Crippen LogP contribution is -2.22. The molecule has 1 unspecified atom stereocenters. The number of carboxylic acids is 1. The number of aliphatic carboxylic acids is 1. The van der Waals surface area contributed by atoms with E-state index in [0.29, 0.717) is 11.4 Å². The van der Waals surface area contributed by atoms with E-state index in [0.717, 1.165) is 5.56 Å². The lowest BCUT2D eigenvalue weighted by Gasteiger charge is -2.09. The number of rotatable bonds is 7. The highest BCUT2D eigenvalue weighted by molar-refractivity contribution is 5.80. The van der Waals surface area contributed by atoms with Crippen LogP contribution in [0.3, 0.4) is 0 Å². The van der Waals surface area contributed by atoms with Crippen LogP contribution in [0, 0.1) is 10.1 Å². The van der Waals surface area contributed by atoms with Crippen molar-refractivity contribution in [3.05, 3.63) is 64.2 Å². The Morgan fingerprint density at radius 3 is 2.42 bits per heavy atom. The predicted octanol–water partition coefficient (Wildman–Crippen LogP) is 2.89. The van der Waals surface area contributed by atoms with Gasteiger partial charge in [-0.15, -0.1) is 0 Å². The molecule has 0 amide bonds. The Kier molecular flexibility index (Phi) is 5.45. The molecule has 2 rings (SSSR count). The van der Waals surface area contributed by atoms with Gasteiger partial charge >= 0.3 is 5.97 Å². The van der Waals surface area contributed by atoms with Crippen molar-refractivity contribution in [1.82, 2.24) is 0 Å². The van der Waals surface area contributed by atoms with E-state index >= 15 is 0 Å². The van der Waals surface area contributed by atoms with E-state index < -0.39 is 17.0 Å². The van der Waals surface area contributed by atoms with Crippen LogP contribution in [0.2, 0.25) is 0 Å². The number of nitrogens with zero attached hydrogens (tertiary/aromatic N) is 2. The summed E-state index contributed by atoms with van der Waals surface area (Å²) in [6.07, 6.45) is 0.638. The molecule has 0 aliphatic heterocycles. The normalized spacial score (nSPS) is 11.9. The highest BCUT2D eigenvalue weighted by atomic mass is 16.6. The van der Waals surface area contributed by atoms with Gasteiger partial charge < -0.3 is 9.84 Å². The highest BCUT2D eigenvalue weighted by Crippen LogP contribution is 2.16. The fraction of sp³-hybridized carbons (Fsp3) is 0.125. The van der Waals surface area contributed by atoms with Crippen LogP contribution in [0.5, 0.6) is 5.75 Å². The van der Waals surface area contributed by atoms with Crippen LogP contribution in [0.25, 0.3) is 0 Å². The molecule has 0 spiro atoms. The molecule has 0 aromatic heterocycles. The van der Waals surface area contributed by atoms with Crippen LogP contribution in [-0.2, 0) is 4.79 Å². The molecule has 8 nitrogen and oxygen atoms in total. The first-order chi connectivity index (χ1) is 11.5. The summed E-state index contributed by atoms with van der Waals surface area (Å²) >= 11 is 0. The van der Waals surface area contributed by atoms with E-state index in [1.807, 2.05) is 0 Å². The maximum atomic E-state index is 10.7. The summed E-state index contributed by atoms with van der Waals surface area (Å²) in [7, 11) is 0. The molecule has 2 aromatic carbocycles. The summed E-state index contributed by atoms with van der Waals surface area (Å²) in [6, 6.07) is 12.6. The largest absolute Gasteiger partial charge is 0.479 e. The molecule has 0 radical (unpaired) electrons. The van der Waals surface area contributed by atoms with Crippen LogP contribution in [0.1, 0.15) is 12.5 Å². The van der Waals surface area contributed by atoms with Gasteiger partial charge in [0.15, 0.2) is 6.10 Å². The van der Waals surface area contributed by atoms with Crippen LogP contribution in [-0.4, -0.2) is 28.3 Å². The van der Waals surface area contributed by atoms with Crippen molar-refractivity contribution >= 4 is 23.6 Å². The first-order valence-electron chi connectivity index (χ1n) is 6.99. The Morgan fingerprint density at radius 1 is 1.25 bits per heavy atom. The number of ether oxygens (including phenoxy) is 1. The molecule has 8 heteroatoms. The third kappa shape index (κ3) is 4.80. The topological polar surface area (TPSA) is 114 Å². The summed E-state index contributed by atoms with van der Waals surface area (Å²) < 4.78 is 5.22. The van der Waals surface area contributed by atoms with E-state index in [4.69, 9.17) is 9.84 Å². The Hall–Kier alpha value is -3.42. The fourth-order valence-corrected chi connectivity index (χ4v) is 1.73. The number of benzene rings is 2. The number of carboxylic acid groups (broad SMARTS) is 1. The van der Waals surface area contributed by atoms with E-state index in [1.165, 1.54) is 19.1 Å². The number of non-ortho nitro benzene ring substituents is 1. The zero-order valence-electron chi connectivity index (χ0n) is 12.7. The molecule has 2 aromatic rings. The first-order valence-corrected chi connectivity index (χ1v) is 6.99. The molecule has 0 aliphatic rings. The molecule has 0 saturated carbocycles. The van der Waals surface area contributed by atoms with Crippen molar-refractivity contribution in [2.24, 2.45) is 5.10 Å². The fourth-order valence-electron chi connectivity index (χ4n) is 1.73. The number of hydrazone groups is 1. The second-order valence-corrected chi connectivity index (χ2v) is 4.84. The van der Waals surface area contributed by atoms with E-state index in [2.05, 4.69) is 10.5 Å². The minimum Gasteiger partial charge on any atom is -0.479 e. The third-order valence-corrected chi connectivity index (χ3v) is 3.03. The van der Waals surface area contributed by atoms with Crippen LogP contribution >= 0.6 is 0 Å². The lowest BCUT2D eigenvalue weighted by atomic mass is 10.2. The maximum absolute atomic E-state index is 10.7. The second-order valence-electron chi connectivity index (χ2n) is 4.84. The van der Waals surface area contributed by atoms with Crippen molar-refractivity contribution in [1.29, 1.82) is 0 Å². The minimum absolute atomic E-state index is 0.00991. The van der Waals surface area contributed by atoms with Crippen molar-refractivity contribution in [2.75, 3.05) is 5.43 Å². The van der Waals surface area contributed by atoms with Crippen molar-refractivity contribution < 1.29 is 19.6 Å². The van der Waals surface area contributed by atoms with Gasteiger partial charge in [0.1, 0.15) is 5.75 Å². The molecule has 0 fully saturated rings. The Bertz CT molecular complexity index is 741. The quantitative estimate of drug-likeness (QED) is 0.458. The molecule has 124 valence electrons. The van der Waals surface area contributed by atoms with Gasteiger partial charge in [-0.2, -0.15) is 5.10 Å². The molecule has 24 heavy (non-hydrogen) atoms. The molecule has 0 bridgehead atoms. The number of carbonyl (C=O) groups is 1. The molecular weight excluding hydrogens is 314 g/mol. The van der Waals surface area contributed by atoms with Crippen molar-refractivity contribution in [3.8, 4) is 5.75 Å². The van der Waals surface area contributed by atoms with E-state index in [9.17, 15) is 14.9 Å². The molecule has 1 atom stereocenters. The predicted molar refractivity (Wildman–Crippen MR) is 88.5 cm³/mol. The Morgan fingerprint density at radius 2 is 1.88 bits per heavy atom. The molecule has 0 heterocycles. The van der Waals surface area contributed by atoms with Crippen LogP contribution in [0.15, 0.2) is 53.6 Å². The van der Waals surface area contributed by atoms with Gasteiger partial charge in [-0.1, -0.05) is 0 Å². The monoisotopic (exact) mass is 329 g/mol. The van der Waals surface area contributed by atoms with E-state index in [-0.39, 0.29) is 5.69 Å². The summed E-state index contributed by atoms with van der Waals surface area (Å²) in [4.78, 5) is 20.8. The number of hydrogen-bond donors (Lipinski definition) is 2. The number of anilines is 1. The summed E-state index contributed by atoms with van der Waals surface area (Å²) in [6.45, 7) is 1.45. The van der Waals surface area contributed by atoms with Gasteiger partial charge in [-0.3, -0.25) is 15.5 Å². The number of nitro benzene ring substituents is 1. The summed E-state index contributed by atoms with van der Waals surface area (Å²) in [5.74, 6) is -0.585. The zero-order valence-corrected chi connectivity index (χ0v) is 12.7. The van der Waals surface area contributed by atoms with E-state index in [1.54, 1.807) is 42.6 Å². The first kappa shape index (κ1) is 16.9. The van der Waals surface area contributed by atoms with Gasteiger partial charge in [0, 0.05) is 12.1 Å².